The Morgan fingerprint density at radius 3 is 2.61 bits per heavy atom. The van der Waals surface area contributed by atoms with Crippen LogP contribution in [-0.4, -0.2) is 42.4 Å². The van der Waals surface area contributed by atoms with Gasteiger partial charge in [0.25, 0.3) is 5.91 Å². The number of amides is 2. The number of nitrogens with one attached hydrogen (secondary N) is 1. The number of piperidine rings is 1. The number of likely N-dealkylation sites (tertiary alicyclic amines) is 1. The Balaban J connectivity index is 1.44. The van der Waals surface area contributed by atoms with E-state index in [-0.39, 0.29) is 11.8 Å². The molecule has 2 aliphatic rings. The van der Waals surface area contributed by atoms with Crippen molar-refractivity contribution in [3.8, 4) is 0 Å². The number of carbonyl (C=O) groups excluding carboxylic acids is 2. The summed E-state index contributed by atoms with van der Waals surface area (Å²) in [5.74, 6) is -0.213. The van der Waals surface area contributed by atoms with E-state index in [1.165, 1.54) is 30.6 Å². The second-order valence-corrected chi connectivity index (χ2v) is 8.69. The van der Waals surface area contributed by atoms with E-state index in [9.17, 15) is 9.59 Å². The molecular weight excluding hydrogens is 394 g/mol. The Morgan fingerprint density at radius 2 is 1.89 bits per heavy atom. The molecule has 3 heterocycles. The second kappa shape index (κ2) is 8.53. The zero-order chi connectivity index (χ0) is 19.5. The predicted octanol–water partition coefficient (Wildman–Crippen LogP) is 4.64. The van der Waals surface area contributed by atoms with Gasteiger partial charge in [0.1, 0.15) is 6.04 Å². The lowest BCUT2D eigenvalue weighted by Gasteiger charge is -2.29. The van der Waals surface area contributed by atoms with E-state index in [2.05, 4.69) is 10.2 Å². The van der Waals surface area contributed by atoms with Crippen LogP contribution in [0.15, 0.2) is 35.7 Å². The molecule has 2 saturated heterocycles. The van der Waals surface area contributed by atoms with Crippen molar-refractivity contribution < 1.29 is 9.59 Å². The van der Waals surface area contributed by atoms with E-state index in [1.54, 1.807) is 11.0 Å². The SMILES string of the molecule is O=C(Nc1ccc(N2CCCCC2)c(Cl)c1)[C@@H]1CCCN1C(=O)c1cccs1. The minimum atomic E-state index is -0.435. The van der Waals surface area contributed by atoms with Crippen molar-refractivity contribution in [2.45, 2.75) is 38.1 Å². The Morgan fingerprint density at radius 1 is 1.07 bits per heavy atom. The number of nitrogens with zero attached hydrogens (tertiary/aromatic N) is 2. The largest absolute Gasteiger partial charge is 0.370 e. The van der Waals surface area contributed by atoms with Crippen molar-refractivity contribution >= 4 is 46.1 Å². The molecule has 1 aromatic carbocycles. The van der Waals surface area contributed by atoms with E-state index in [0.29, 0.717) is 28.6 Å². The first-order valence-corrected chi connectivity index (χ1v) is 11.1. The van der Waals surface area contributed by atoms with E-state index in [0.717, 1.165) is 25.2 Å². The number of hydrogen-bond acceptors (Lipinski definition) is 4. The molecule has 4 rings (SSSR count). The van der Waals surface area contributed by atoms with Gasteiger partial charge >= 0.3 is 0 Å². The zero-order valence-electron chi connectivity index (χ0n) is 15.7. The van der Waals surface area contributed by atoms with Gasteiger partial charge in [0.05, 0.1) is 15.6 Å². The zero-order valence-corrected chi connectivity index (χ0v) is 17.3. The van der Waals surface area contributed by atoms with Crippen molar-refractivity contribution in [3.05, 3.63) is 45.6 Å². The van der Waals surface area contributed by atoms with E-state index < -0.39 is 6.04 Å². The number of hydrogen-bond donors (Lipinski definition) is 1. The number of halogens is 1. The molecule has 2 amide bonds. The third-order valence-corrected chi connectivity index (χ3v) is 6.62. The molecule has 2 aromatic rings. The molecule has 28 heavy (non-hydrogen) atoms. The smallest absolute Gasteiger partial charge is 0.264 e. The molecule has 7 heteroatoms. The molecule has 0 unspecified atom stereocenters. The highest BCUT2D eigenvalue weighted by Crippen LogP contribution is 2.31. The van der Waals surface area contributed by atoms with Gasteiger partial charge in [-0.2, -0.15) is 0 Å². The molecule has 0 bridgehead atoms. The molecule has 0 radical (unpaired) electrons. The number of carbonyl (C=O) groups is 2. The quantitative estimate of drug-likeness (QED) is 0.788. The minimum Gasteiger partial charge on any atom is -0.370 e. The van der Waals surface area contributed by atoms with E-state index in [1.807, 2.05) is 29.6 Å². The van der Waals surface area contributed by atoms with Crippen LogP contribution in [0.1, 0.15) is 41.8 Å². The van der Waals surface area contributed by atoms with Crippen LogP contribution in [-0.2, 0) is 4.79 Å². The monoisotopic (exact) mass is 417 g/mol. The molecule has 148 valence electrons. The summed E-state index contributed by atoms with van der Waals surface area (Å²) in [5.41, 5.74) is 1.70. The Hall–Kier alpha value is -2.05. The van der Waals surface area contributed by atoms with Crippen LogP contribution in [0.5, 0.6) is 0 Å². The van der Waals surface area contributed by atoms with Crippen LogP contribution in [0, 0.1) is 0 Å². The van der Waals surface area contributed by atoms with Crippen LogP contribution >= 0.6 is 22.9 Å². The maximum Gasteiger partial charge on any atom is 0.264 e. The first kappa shape index (κ1) is 19.3. The van der Waals surface area contributed by atoms with Crippen LogP contribution in [0.2, 0.25) is 5.02 Å². The molecule has 0 spiro atoms. The van der Waals surface area contributed by atoms with Gasteiger partial charge in [-0.05, 0) is 61.7 Å². The third kappa shape index (κ3) is 4.03. The van der Waals surface area contributed by atoms with E-state index >= 15 is 0 Å². The first-order valence-electron chi connectivity index (χ1n) is 9.83. The van der Waals surface area contributed by atoms with Gasteiger partial charge in [0.2, 0.25) is 5.91 Å². The van der Waals surface area contributed by atoms with Crippen molar-refractivity contribution in [1.82, 2.24) is 4.90 Å². The molecule has 2 fully saturated rings. The number of benzene rings is 1. The number of thiophene rings is 1. The molecule has 1 atom stereocenters. The Bertz CT molecular complexity index is 849. The number of anilines is 2. The summed E-state index contributed by atoms with van der Waals surface area (Å²) in [6, 6.07) is 8.91. The highest BCUT2D eigenvalue weighted by Gasteiger charge is 2.35. The fourth-order valence-electron chi connectivity index (χ4n) is 4.03. The lowest BCUT2D eigenvalue weighted by atomic mass is 10.1. The molecule has 0 aliphatic carbocycles. The van der Waals surface area contributed by atoms with Crippen molar-refractivity contribution in [2.24, 2.45) is 0 Å². The molecule has 5 nitrogen and oxygen atoms in total. The van der Waals surface area contributed by atoms with Crippen molar-refractivity contribution in [1.29, 1.82) is 0 Å². The first-order chi connectivity index (χ1) is 13.6. The molecular formula is C21H24ClN3O2S. The Kier molecular flexibility index (Phi) is 5.87. The highest BCUT2D eigenvalue weighted by atomic mass is 35.5. The summed E-state index contributed by atoms with van der Waals surface area (Å²) in [5, 5.41) is 5.48. The summed E-state index contributed by atoms with van der Waals surface area (Å²) in [6.07, 6.45) is 5.16. The number of rotatable bonds is 4. The van der Waals surface area contributed by atoms with Crippen LogP contribution in [0.4, 0.5) is 11.4 Å². The molecule has 2 aliphatic heterocycles. The summed E-state index contributed by atoms with van der Waals surface area (Å²) < 4.78 is 0. The maximum absolute atomic E-state index is 12.8. The van der Waals surface area contributed by atoms with Gasteiger partial charge in [-0.15, -0.1) is 11.3 Å². The van der Waals surface area contributed by atoms with Crippen molar-refractivity contribution in [3.63, 3.8) is 0 Å². The lowest BCUT2D eigenvalue weighted by molar-refractivity contribution is -0.119. The van der Waals surface area contributed by atoms with Gasteiger partial charge in [-0.1, -0.05) is 17.7 Å². The maximum atomic E-state index is 12.8. The summed E-state index contributed by atoms with van der Waals surface area (Å²) in [7, 11) is 0. The standard InChI is InChI=1S/C21H24ClN3O2S/c22-16-14-15(8-9-17(16)24-10-2-1-3-11-24)23-20(26)18-6-4-12-25(18)21(27)19-7-5-13-28-19/h5,7-9,13-14,18H,1-4,6,10-12H2,(H,23,26)/t18-/m0/s1. The van der Waals surface area contributed by atoms with Crippen LogP contribution in [0.3, 0.4) is 0 Å². The van der Waals surface area contributed by atoms with Gasteiger partial charge in [0.15, 0.2) is 0 Å². The van der Waals surface area contributed by atoms with Crippen LogP contribution in [0.25, 0.3) is 0 Å². The lowest BCUT2D eigenvalue weighted by Crippen LogP contribution is -2.42. The fourth-order valence-corrected chi connectivity index (χ4v) is 5.00. The second-order valence-electron chi connectivity index (χ2n) is 7.34. The van der Waals surface area contributed by atoms with E-state index in [4.69, 9.17) is 11.6 Å². The predicted molar refractivity (Wildman–Crippen MR) is 115 cm³/mol. The molecule has 0 saturated carbocycles. The molecule has 1 aromatic heterocycles. The van der Waals surface area contributed by atoms with Gasteiger partial charge in [-0.3, -0.25) is 9.59 Å². The average Bonchev–Trinajstić information content (AvgIpc) is 3.40. The van der Waals surface area contributed by atoms with Crippen molar-refractivity contribution in [2.75, 3.05) is 29.9 Å². The third-order valence-electron chi connectivity index (χ3n) is 5.46. The van der Waals surface area contributed by atoms with Gasteiger partial charge in [0, 0.05) is 25.3 Å². The van der Waals surface area contributed by atoms with Gasteiger partial charge in [-0.25, -0.2) is 0 Å². The fraction of sp³-hybridized carbons (Fsp3) is 0.429. The van der Waals surface area contributed by atoms with Crippen LogP contribution < -0.4 is 10.2 Å². The average molecular weight is 418 g/mol. The normalized spacial score (nSPS) is 19.7. The minimum absolute atomic E-state index is 0.0638. The highest BCUT2D eigenvalue weighted by molar-refractivity contribution is 7.12. The summed E-state index contributed by atoms with van der Waals surface area (Å²) in [4.78, 5) is 30.2. The summed E-state index contributed by atoms with van der Waals surface area (Å²) in [6.45, 7) is 2.66. The Labute approximate surface area is 174 Å². The molecule has 1 N–H and O–H groups in total. The van der Waals surface area contributed by atoms with Gasteiger partial charge < -0.3 is 15.1 Å². The summed E-state index contributed by atoms with van der Waals surface area (Å²) >= 11 is 7.90. The topological polar surface area (TPSA) is 52.7 Å².